The monoisotopic (exact) mass is 325 g/mol. The van der Waals surface area contributed by atoms with Gasteiger partial charge in [0.25, 0.3) is 0 Å². The zero-order valence-electron chi connectivity index (χ0n) is 13.0. The van der Waals surface area contributed by atoms with Gasteiger partial charge in [-0.15, -0.1) is 11.3 Å². The fourth-order valence-corrected chi connectivity index (χ4v) is 3.82. The second-order valence-electron chi connectivity index (χ2n) is 5.34. The summed E-state index contributed by atoms with van der Waals surface area (Å²) in [6.07, 6.45) is 7.07. The van der Waals surface area contributed by atoms with Crippen molar-refractivity contribution in [1.82, 2.24) is 14.9 Å². The lowest BCUT2D eigenvalue weighted by Crippen LogP contribution is -2.25. The molecule has 2 rings (SSSR count). The molecule has 2 aromatic heterocycles. The summed E-state index contributed by atoms with van der Waals surface area (Å²) in [7, 11) is 0. The van der Waals surface area contributed by atoms with Gasteiger partial charge in [-0.2, -0.15) is 0 Å². The van der Waals surface area contributed by atoms with Crippen LogP contribution in [0.2, 0.25) is 5.02 Å². The van der Waals surface area contributed by atoms with Crippen LogP contribution in [-0.4, -0.2) is 16.1 Å². The van der Waals surface area contributed by atoms with Gasteiger partial charge in [0.2, 0.25) is 0 Å². The van der Waals surface area contributed by atoms with Crippen molar-refractivity contribution in [2.24, 2.45) is 0 Å². The van der Waals surface area contributed by atoms with Gasteiger partial charge in [0, 0.05) is 30.2 Å². The van der Waals surface area contributed by atoms with Crippen molar-refractivity contribution in [3.63, 3.8) is 0 Å². The summed E-state index contributed by atoms with van der Waals surface area (Å²) in [5.41, 5.74) is 1.16. The van der Waals surface area contributed by atoms with Crippen molar-refractivity contribution in [3.05, 3.63) is 39.1 Å². The third-order valence-corrected chi connectivity index (χ3v) is 5.36. The summed E-state index contributed by atoms with van der Waals surface area (Å²) in [6.45, 7) is 8.45. The second kappa shape index (κ2) is 7.97. The molecule has 3 nitrogen and oxygen atoms in total. The molecule has 116 valence electrons. The van der Waals surface area contributed by atoms with Crippen LogP contribution in [0.3, 0.4) is 0 Å². The zero-order valence-corrected chi connectivity index (χ0v) is 14.6. The normalized spacial score (nSPS) is 12.8. The molecule has 0 amide bonds. The first kappa shape index (κ1) is 16.5. The number of nitrogens with zero attached hydrogens (tertiary/aromatic N) is 2. The molecule has 0 saturated heterocycles. The van der Waals surface area contributed by atoms with E-state index in [2.05, 4.69) is 47.2 Å². The molecule has 5 heteroatoms. The number of hydrogen-bond donors (Lipinski definition) is 1. The molecule has 0 aromatic carbocycles. The third-order valence-electron chi connectivity index (χ3n) is 3.54. The zero-order chi connectivity index (χ0) is 15.2. The lowest BCUT2D eigenvalue weighted by atomic mass is 10.1. The van der Waals surface area contributed by atoms with E-state index in [0.29, 0.717) is 0 Å². The largest absolute Gasteiger partial charge is 0.335 e. The first-order chi connectivity index (χ1) is 10.2. The maximum absolute atomic E-state index is 6.47. The van der Waals surface area contributed by atoms with Gasteiger partial charge >= 0.3 is 0 Å². The lowest BCUT2D eigenvalue weighted by Gasteiger charge is -2.18. The summed E-state index contributed by atoms with van der Waals surface area (Å²) < 4.78 is 2.25. The first-order valence-corrected chi connectivity index (χ1v) is 8.90. The number of imidazole rings is 1. The summed E-state index contributed by atoms with van der Waals surface area (Å²) in [4.78, 5) is 5.76. The SMILES string of the molecule is CCCNC(Cc1nccn1CCC)c1scc(C)c1Cl. The van der Waals surface area contributed by atoms with Crippen LogP contribution in [0, 0.1) is 6.92 Å². The predicted octanol–water partition coefficient (Wildman–Crippen LogP) is 4.60. The average molecular weight is 326 g/mol. The van der Waals surface area contributed by atoms with E-state index in [1.165, 1.54) is 4.88 Å². The average Bonchev–Trinajstić information content (AvgIpc) is 3.04. The van der Waals surface area contributed by atoms with Gasteiger partial charge in [0.15, 0.2) is 0 Å². The molecule has 0 bridgehead atoms. The van der Waals surface area contributed by atoms with E-state index in [-0.39, 0.29) is 6.04 Å². The van der Waals surface area contributed by atoms with Gasteiger partial charge in [-0.25, -0.2) is 4.98 Å². The highest BCUT2D eigenvalue weighted by atomic mass is 35.5. The van der Waals surface area contributed by atoms with Crippen LogP contribution in [0.1, 0.15) is 49.0 Å². The van der Waals surface area contributed by atoms with Crippen LogP contribution in [0.25, 0.3) is 0 Å². The fourth-order valence-electron chi connectivity index (χ4n) is 2.42. The predicted molar refractivity (Wildman–Crippen MR) is 91.3 cm³/mol. The molecule has 1 atom stereocenters. The molecular formula is C16H24ClN3S. The molecule has 2 heterocycles. The van der Waals surface area contributed by atoms with Gasteiger partial charge in [-0.3, -0.25) is 0 Å². The number of hydrogen-bond acceptors (Lipinski definition) is 3. The van der Waals surface area contributed by atoms with Crippen molar-refractivity contribution >= 4 is 22.9 Å². The topological polar surface area (TPSA) is 29.9 Å². The molecule has 21 heavy (non-hydrogen) atoms. The molecule has 1 unspecified atom stereocenters. The molecule has 0 aliphatic rings. The van der Waals surface area contributed by atoms with E-state index in [4.69, 9.17) is 11.6 Å². The van der Waals surface area contributed by atoms with Crippen LogP contribution >= 0.6 is 22.9 Å². The van der Waals surface area contributed by atoms with Crippen LogP contribution in [0.5, 0.6) is 0 Å². The summed E-state index contributed by atoms with van der Waals surface area (Å²) in [5.74, 6) is 1.13. The number of halogens is 1. The maximum atomic E-state index is 6.47. The Morgan fingerprint density at radius 1 is 1.38 bits per heavy atom. The Morgan fingerprint density at radius 3 is 2.81 bits per heavy atom. The minimum atomic E-state index is 0.245. The minimum absolute atomic E-state index is 0.245. The highest BCUT2D eigenvalue weighted by molar-refractivity contribution is 7.10. The molecular weight excluding hydrogens is 302 g/mol. The van der Waals surface area contributed by atoms with Crippen LogP contribution in [0.15, 0.2) is 17.8 Å². The molecule has 0 aliphatic carbocycles. The van der Waals surface area contributed by atoms with Crippen LogP contribution in [0.4, 0.5) is 0 Å². The van der Waals surface area contributed by atoms with Crippen molar-refractivity contribution < 1.29 is 0 Å². The Labute approximate surface area is 136 Å². The Kier molecular flexibility index (Phi) is 6.27. The molecule has 2 aromatic rings. The van der Waals surface area contributed by atoms with E-state index in [0.717, 1.165) is 48.8 Å². The number of aromatic nitrogens is 2. The molecule has 0 aliphatic heterocycles. The van der Waals surface area contributed by atoms with E-state index < -0.39 is 0 Å². The van der Waals surface area contributed by atoms with E-state index in [1.54, 1.807) is 11.3 Å². The molecule has 0 saturated carbocycles. The lowest BCUT2D eigenvalue weighted by molar-refractivity contribution is 0.508. The number of nitrogens with one attached hydrogen (secondary N) is 1. The van der Waals surface area contributed by atoms with Crippen LogP contribution in [-0.2, 0) is 13.0 Å². The Morgan fingerprint density at radius 2 is 2.19 bits per heavy atom. The van der Waals surface area contributed by atoms with Gasteiger partial charge in [0.1, 0.15) is 5.82 Å². The van der Waals surface area contributed by atoms with Crippen molar-refractivity contribution in [3.8, 4) is 0 Å². The smallest absolute Gasteiger partial charge is 0.110 e. The number of aryl methyl sites for hydroxylation is 2. The standard InChI is InChI=1S/C16H24ClN3S/c1-4-6-18-13(16-15(17)12(3)11-21-16)10-14-19-7-9-20(14)8-5-2/h7,9,11,13,18H,4-6,8,10H2,1-3H3. The quantitative estimate of drug-likeness (QED) is 0.768. The summed E-state index contributed by atoms with van der Waals surface area (Å²) in [5, 5.41) is 6.66. The Bertz CT molecular complexity index is 562. The highest BCUT2D eigenvalue weighted by Gasteiger charge is 2.20. The summed E-state index contributed by atoms with van der Waals surface area (Å²) in [6, 6.07) is 0.245. The van der Waals surface area contributed by atoms with Gasteiger partial charge in [0.05, 0.1) is 11.1 Å². The Hall–Kier alpha value is -0.840. The highest BCUT2D eigenvalue weighted by Crippen LogP contribution is 2.33. The second-order valence-corrected chi connectivity index (χ2v) is 6.63. The number of rotatable bonds is 8. The minimum Gasteiger partial charge on any atom is -0.335 e. The first-order valence-electron chi connectivity index (χ1n) is 7.64. The van der Waals surface area contributed by atoms with Gasteiger partial charge < -0.3 is 9.88 Å². The fraction of sp³-hybridized carbons (Fsp3) is 0.562. The molecule has 0 fully saturated rings. The van der Waals surface area contributed by atoms with E-state index in [1.807, 2.05) is 6.20 Å². The molecule has 0 spiro atoms. The molecule has 1 N–H and O–H groups in total. The Balaban J connectivity index is 2.20. The van der Waals surface area contributed by atoms with Crippen molar-refractivity contribution in [2.45, 2.75) is 52.6 Å². The summed E-state index contributed by atoms with van der Waals surface area (Å²) >= 11 is 8.21. The van der Waals surface area contributed by atoms with Crippen molar-refractivity contribution in [1.29, 1.82) is 0 Å². The maximum Gasteiger partial charge on any atom is 0.110 e. The van der Waals surface area contributed by atoms with Crippen LogP contribution < -0.4 is 5.32 Å². The van der Waals surface area contributed by atoms with Gasteiger partial charge in [-0.1, -0.05) is 25.4 Å². The number of thiophene rings is 1. The van der Waals surface area contributed by atoms with Crippen molar-refractivity contribution in [2.75, 3.05) is 6.54 Å². The van der Waals surface area contributed by atoms with E-state index >= 15 is 0 Å². The molecule has 0 radical (unpaired) electrons. The van der Waals surface area contributed by atoms with Gasteiger partial charge in [-0.05, 0) is 37.3 Å². The third kappa shape index (κ3) is 4.09. The van der Waals surface area contributed by atoms with E-state index in [9.17, 15) is 0 Å².